The molecular formula is C20H23N3O. The van der Waals surface area contributed by atoms with Crippen LogP contribution in [0.5, 0.6) is 0 Å². The number of nitrogens with zero attached hydrogens (tertiary/aromatic N) is 1. The summed E-state index contributed by atoms with van der Waals surface area (Å²) in [6, 6.07) is 17.1. The van der Waals surface area contributed by atoms with Crippen LogP contribution in [0.25, 0.3) is 21.8 Å². The number of benzene rings is 2. The molecule has 0 bridgehead atoms. The van der Waals surface area contributed by atoms with Crippen LogP contribution in [0.4, 0.5) is 0 Å². The van der Waals surface area contributed by atoms with Crippen molar-refractivity contribution in [3.63, 3.8) is 0 Å². The largest absolute Gasteiger partial charge is 0.870 e. The van der Waals surface area contributed by atoms with Crippen molar-refractivity contribution in [3.8, 4) is 0 Å². The van der Waals surface area contributed by atoms with Gasteiger partial charge in [-0.3, -0.25) is 0 Å². The van der Waals surface area contributed by atoms with Crippen LogP contribution in [0.2, 0.25) is 0 Å². The third-order valence-electron chi connectivity index (χ3n) is 4.55. The van der Waals surface area contributed by atoms with Gasteiger partial charge in [-0.2, -0.15) is 0 Å². The number of aromatic amines is 2. The smallest absolute Gasteiger partial charge is 0.106 e. The summed E-state index contributed by atoms with van der Waals surface area (Å²) in [5.74, 6) is 0. The van der Waals surface area contributed by atoms with Gasteiger partial charge in [-0.1, -0.05) is 36.4 Å². The fourth-order valence-corrected chi connectivity index (χ4v) is 3.50. The molecule has 0 aliphatic heterocycles. The minimum absolute atomic E-state index is 0. The summed E-state index contributed by atoms with van der Waals surface area (Å²) >= 11 is 0. The number of nitrogens with one attached hydrogen (secondary N) is 2. The lowest BCUT2D eigenvalue weighted by Crippen LogP contribution is -2.37. The molecule has 2 aromatic carbocycles. The molecule has 0 atom stereocenters. The van der Waals surface area contributed by atoms with Crippen LogP contribution in [-0.4, -0.2) is 34.0 Å². The van der Waals surface area contributed by atoms with E-state index in [2.05, 4.69) is 85.0 Å². The van der Waals surface area contributed by atoms with Gasteiger partial charge in [0.15, 0.2) is 0 Å². The molecule has 0 fully saturated rings. The summed E-state index contributed by atoms with van der Waals surface area (Å²) in [7, 11) is 4.59. The first kappa shape index (κ1) is 16.3. The van der Waals surface area contributed by atoms with E-state index in [0.717, 1.165) is 17.6 Å². The molecule has 0 saturated carbocycles. The molecule has 0 spiro atoms. The van der Waals surface area contributed by atoms with Crippen LogP contribution in [0.15, 0.2) is 60.9 Å². The number of aromatic nitrogens is 2. The van der Waals surface area contributed by atoms with Crippen LogP contribution < -0.4 is 0 Å². The normalized spacial score (nSPS) is 11.8. The molecule has 2 aromatic heterocycles. The van der Waals surface area contributed by atoms with Crippen molar-refractivity contribution in [1.29, 1.82) is 0 Å². The molecule has 4 nitrogen and oxygen atoms in total. The predicted molar refractivity (Wildman–Crippen MR) is 98.0 cm³/mol. The zero-order valence-electron chi connectivity index (χ0n) is 14.1. The fraction of sp³-hybridized carbons (Fsp3) is 0.200. The second-order valence-corrected chi connectivity index (χ2v) is 6.97. The molecule has 0 unspecified atom stereocenters. The molecule has 3 N–H and O–H groups in total. The lowest BCUT2D eigenvalue weighted by molar-refractivity contribution is -0.916. The Labute approximate surface area is 141 Å². The standard InChI is InChI=1S/C20H22N3.H2O/c1-23(2,13-15-11-21-19-9-5-3-7-17(15)19)14-16-12-22-20-10-6-4-8-18(16)20;/h3-12,21-22H,13-14H2,1-2H3;1H2/q+1;/p-1. The maximum Gasteiger partial charge on any atom is 0.106 e. The Morgan fingerprint density at radius 1 is 0.708 bits per heavy atom. The number of para-hydroxylation sites is 2. The van der Waals surface area contributed by atoms with Gasteiger partial charge in [0.1, 0.15) is 13.1 Å². The molecule has 4 aromatic rings. The van der Waals surface area contributed by atoms with Crippen molar-refractivity contribution < 1.29 is 9.96 Å². The summed E-state index contributed by atoms with van der Waals surface area (Å²) in [6.07, 6.45) is 4.31. The number of H-pyrrole nitrogens is 2. The molecule has 2 heterocycles. The Morgan fingerprint density at radius 2 is 1.12 bits per heavy atom. The summed E-state index contributed by atoms with van der Waals surface area (Å²) < 4.78 is 0.920. The van der Waals surface area contributed by atoms with Gasteiger partial charge in [0.2, 0.25) is 0 Å². The molecule has 0 saturated heterocycles. The van der Waals surface area contributed by atoms with Crippen molar-refractivity contribution >= 4 is 21.8 Å². The molecule has 0 radical (unpaired) electrons. The van der Waals surface area contributed by atoms with E-state index in [4.69, 9.17) is 0 Å². The van der Waals surface area contributed by atoms with Gasteiger partial charge in [-0.15, -0.1) is 0 Å². The quantitative estimate of drug-likeness (QED) is 0.542. The zero-order chi connectivity index (χ0) is 15.9. The Bertz CT molecular complexity index is 887. The SMILES string of the molecule is C[N+](C)(Cc1c[nH]c2ccccc12)Cc1c[nH]c2ccccc12.[OH-]. The van der Waals surface area contributed by atoms with Crippen LogP contribution >= 0.6 is 0 Å². The summed E-state index contributed by atoms with van der Waals surface area (Å²) in [4.78, 5) is 6.77. The van der Waals surface area contributed by atoms with Gasteiger partial charge in [0, 0.05) is 45.3 Å². The van der Waals surface area contributed by atoms with Gasteiger partial charge in [0.25, 0.3) is 0 Å². The maximum absolute atomic E-state index is 3.38. The predicted octanol–water partition coefficient (Wildman–Crippen LogP) is 4.25. The van der Waals surface area contributed by atoms with E-state index < -0.39 is 0 Å². The van der Waals surface area contributed by atoms with E-state index in [1.54, 1.807) is 0 Å². The highest BCUT2D eigenvalue weighted by Gasteiger charge is 2.20. The molecule has 0 amide bonds. The Morgan fingerprint density at radius 3 is 1.58 bits per heavy atom. The second-order valence-electron chi connectivity index (χ2n) is 6.97. The van der Waals surface area contributed by atoms with Gasteiger partial charge < -0.3 is 19.9 Å². The molecule has 0 aliphatic rings. The number of fused-ring (bicyclic) bond motifs is 2. The highest BCUT2D eigenvalue weighted by atomic mass is 16.0. The average molecular weight is 321 g/mol. The summed E-state index contributed by atoms with van der Waals surface area (Å²) in [5.41, 5.74) is 5.19. The Hall–Kier alpha value is -2.56. The average Bonchev–Trinajstić information content (AvgIpc) is 3.12. The first-order valence-corrected chi connectivity index (χ1v) is 8.04. The maximum atomic E-state index is 3.38. The number of hydrogen-bond acceptors (Lipinski definition) is 1. The number of quaternary nitrogens is 1. The monoisotopic (exact) mass is 321 g/mol. The minimum Gasteiger partial charge on any atom is -0.870 e. The van der Waals surface area contributed by atoms with Crippen molar-refractivity contribution in [2.24, 2.45) is 0 Å². The van der Waals surface area contributed by atoms with E-state index >= 15 is 0 Å². The topological polar surface area (TPSA) is 61.6 Å². The van der Waals surface area contributed by atoms with Gasteiger partial charge >= 0.3 is 0 Å². The third kappa shape index (κ3) is 2.94. The molecular weight excluding hydrogens is 298 g/mol. The van der Waals surface area contributed by atoms with E-state index in [0.29, 0.717) is 0 Å². The third-order valence-corrected chi connectivity index (χ3v) is 4.55. The van der Waals surface area contributed by atoms with Crippen molar-refractivity contribution in [2.45, 2.75) is 13.1 Å². The van der Waals surface area contributed by atoms with Gasteiger partial charge in [0.05, 0.1) is 14.1 Å². The van der Waals surface area contributed by atoms with E-state index in [1.807, 2.05) is 0 Å². The Balaban J connectivity index is 0.00000169. The molecule has 4 rings (SSSR count). The number of rotatable bonds is 4. The van der Waals surface area contributed by atoms with Crippen LogP contribution in [-0.2, 0) is 13.1 Å². The van der Waals surface area contributed by atoms with Crippen molar-refractivity contribution in [3.05, 3.63) is 72.1 Å². The van der Waals surface area contributed by atoms with Gasteiger partial charge in [-0.25, -0.2) is 0 Å². The van der Waals surface area contributed by atoms with E-state index in [-0.39, 0.29) is 5.48 Å². The van der Waals surface area contributed by atoms with Gasteiger partial charge in [-0.05, 0) is 12.1 Å². The first-order valence-electron chi connectivity index (χ1n) is 8.04. The molecule has 0 aliphatic carbocycles. The summed E-state index contributed by atoms with van der Waals surface area (Å²) in [6.45, 7) is 2.01. The van der Waals surface area contributed by atoms with Crippen molar-refractivity contribution in [1.82, 2.24) is 9.97 Å². The van der Waals surface area contributed by atoms with Crippen LogP contribution in [0.1, 0.15) is 11.1 Å². The first-order chi connectivity index (χ1) is 11.1. The molecule has 24 heavy (non-hydrogen) atoms. The molecule has 124 valence electrons. The van der Waals surface area contributed by atoms with Crippen LogP contribution in [0.3, 0.4) is 0 Å². The lowest BCUT2D eigenvalue weighted by Gasteiger charge is -2.29. The highest BCUT2D eigenvalue weighted by molar-refractivity contribution is 5.83. The minimum atomic E-state index is 0. The number of hydrogen-bond donors (Lipinski definition) is 2. The zero-order valence-corrected chi connectivity index (χ0v) is 14.1. The second kappa shape index (κ2) is 6.15. The highest BCUT2D eigenvalue weighted by Crippen LogP contribution is 2.25. The van der Waals surface area contributed by atoms with Crippen molar-refractivity contribution in [2.75, 3.05) is 14.1 Å². The fourth-order valence-electron chi connectivity index (χ4n) is 3.50. The van der Waals surface area contributed by atoms with E-state index in [1.165, 1.54) is 32.9 Å². The summed E-state index contributed by atoms with van der Waals surface area (Å²) in [5, 5.41) is 2.66. The van der Waals surface area contributed by atoms with Crippen LogP contribution in [0, 0.1) is 0 Å². The Kier molecular flexibility index (Phi) is 4.18. The lowest BCUT2D eigenvalue weighted by atomic mass is 10.1. The van der Waals surface area contributed by atoms with E-state index in [9.17, 15) is 0 Å². The molecule has 4 heteroatoms.